The number of rotatable bonds is 14. The largest absolute Gasteiger partial charge is 0.462 e. The second-order valence-electron chi connectivity index (χ2n) is 11.9. The Kier molecular flexibility index (Phi) is 9.45. The Morgan fingerprint density at radius 1 is 1.27 bits per heavy atom. The molecule has 3 aliphatic rings. The van der Waals surface area contributed by atoms with Gasteiger partial charge in [-0.3, -0.25) is 9.80 Å². The van der Waals surface area contributed by atoms with Crippen molar-refractivity contribution in [1.29, 1.82) is 0 Å². The van der Waals surface area contributed by atoms with Crippen molar-refractivity contribution in [3.63, 3.8) is 0 Å². The predicted octanol–water partition coefficient (Wildman–Crippen LogP) is 5.74. The van der Waals surface area contributed by atoms with Gasteiger partial charge in [0.05, 0.1) is 24.2 Å². The average molecular weight is 664 g/mol. The zero-order valence-electron chi connectivity index (χ0n) is 25.2. The van der Waals surface area contributed by atoms with E-state index >= 15 is 0 Å². The van der Waals surface area contributed by atoms with Crippen molar-refractivity contribution in [2.24, 2.45) is 5.92 Å². The van der Waals surface area contributed by atoms with E-state index in [0.717, 1.165) is 36.1 Å². The molecule has 2 saturated carbocycles. The van der Waals surface area contributed by atoms with Crippen LogP contribution in [0.4, 0.5) is 11.8 Å². The third-order valence-electron chi connectivity index (χ3n) is 7.79. The molecule has 4 N–H and O–H groups in total. The van der Waals surface area contributed by atoms with E-state index in [-0.39, 0.29) is 42.9 Å². The van der Waals surface area contributed by atoms with Crippen LogP contribution in [0.15, 0.2) is 36.5 Å². The molecule has 15 heteroatoms. The first kappa shape index (κ1) is 31.6. The fraction of sp³-hybridized carbons (Fsp3) is 0.552. The molecular weight excluding hydrogens is 625 g/mol. The van der Waals surface area contributed by atoms with Crippen LogP contribution in [0.1, 0.15) is 59.1 Å². The second kappa shape index (κ2) is 13.2. The minimum atomic E-state index is -1.70. The van der Waals surface area contributed by atoms with Crippen LogP contribution < -0.4 is 25.2 Å². The van der Waals surface area contributed by atoms with E-state index in [4.69, 9.17) is 35.9 Å². The normalized spacial score (nSPS) is 23.2. The Bertz CT molecular complexity index is 1470. The molecule has 44 heavy (non-hydrogen) atoms. The van der Waals surface area contributed by atoms with Crippen molar-refractivity contribution in [3.8, 4) is 5.75 Å². The lowest BCUT2D eigenvalue weighted by atomic mass is 10.1. The molecule has 4 unspecified atom stereocenters. The van der Waals surface area contributed by atoms with E-state index < -0.39 is 14.1 Å². The van der Waals surface area contributed by atoms with Crippen LogP contribution in [0.5, 0.6) is 5.75 Å². The second-order valence-corrected chi connectivity index (χ2v) is 14.1. The van der Waals surface area contributed by atoms with Gasteiger partial charge in [0.2, 0.25) is 5.95 Å². The van der Waals surface area contributed by atoms with Gasteiger partial charge in [0.25, 0.3) is 0 Å². The van der Waals surface area contributed by atoms with Crippen LogP contribution >= 0.6 is 32.1 Å². The topological polar surface area (TPSA) is 138 Å². The maximum Gasteiger partial charge on any atom is 0.327 e. The molecule has 6 rings (SSSR count). The number of nitrogens with two attached hydrogens (primary N) is 1. The highest BCUT2D eigenvalue weighted by molar-refractivity contribution is 7.96. The van der Waals surface area contributed by atoms with E-state index in [1.807, 2.05) is 36.9 Å². The number of esters is 1. The molecule has 3 aromatic rings. The Morgan fingerprint density at radius 3 is 2.68 bits per heavy atom. The molecule has 2 aliphatic carbocycles. The van der Waals surface area contributed by atoms with E-state index in [0.29, 0.717) is 29.7 Å². The van der Waals surface area contributed by atoms with Crippen LogP contribution in [0.2, 0.25) is 5.02 Å². The van der Waals surface area contributed by atoms with Gasteiger partial charge in [-0.25, -0.2) is 5.09 Å². The van der Waals surface area contributed by atoms with Crippen LogP contribution in [0.3, 0.4) is 0 Å². The average Bonchev–Trinajstić information content (AvgIpc) is 3.90. The Balaban J connectivity index is 1.16. The monoisotopic (exact) mass is 663 g/mol. The van der Waals surface area contributed by atoms with Gasteiger partial charge in [-0.1, -0.05) is 30.5 Å². The van der Waals surface area contributed by atoms with Crippen molar-refractivity contribution in [2.75, 3.05) is 23.6 Å². The summed E-state index contributed by atoms with van der Waals surface area (Å²) in [6.45, 7) is 6.11. The number of nitrogen functional groups attached to an aromatic ring is 1. The number of anilines is 2. The molecular formula is C29H39ClN7O5PS. The number of hydrogen-bond acceptors (Lipinski definition) is 12. The summed E-state index contributed by atoms with van der Waals surface area (Å²) >= 11 is 7.60. The van der Waals surface area contributed by atoms with E-state index in [2.05, 4.69) is 31.8 Å². The SMILES string of the molecule is CSNN(c1nc(N)nc2c1ccn2C1OC(COP(NC2(C(=O)OC(C)C)CC2)Oc2ccc(Cl)cc2)CC1C)C1CC1. The number of benzene rings is 1. The molecule has 3 heterocycles. The van der Waals surface area contributed by atoms with Crippen molar-refractivity contribution in [2.45, 2.75) is 82.9 Å². The van der Waals surface area contributed by atoms with Crippen LogP contribution in [0.25, 0.3) is 11.0 Å². The van der Waals surface area contributed by atoms with Gasteiger partial charge in [0, 0.05) is 23.2 Å². The highest BCUT2D eigenvalue weighted by Crippen LogP contribution is 2.48. The van der Waals surface area contributed by atoms with Crippen molar-refractivity contribution >= 4 is 60.8 Å². The fourth-order valence-electron chi connectivity index (χ4n) is 5.32. The number of halogens is 1. The predicted molar refractivity (Wildman–Crippen MR) is 173 cm³/mol. The molecule has 0 amide bonds. The maximum absolute atomic E-state index is 12.9. The molecule has 2 aromatic heterocycles. The Labute approximate surface area is 267 Å². The maximum atomic E-state index is 12.9. The van der Waals surface area contributed by atoms with Gasteiger partial charge in [-0.05, 0) is 82.5 Å². The standard InChI is InChI=1S/C29H39ClN7O5PS/c1-17(2)40-27(38)29(12-13-29)34-43(42-21-9-5-19(30)6-10-21)39-16-22-15-18(3)26(41-22)36-14-11-23-24(36)32-28(31)33-25(23)37(35-44-4)20-7-8-20/h5-6,9-11,14,17-18,20,22,26,34-35H,7-8,12-13,15-16H2,1-4H3,(H2,31,32,33). The lowest BCUT2D eigenvalue weighted by molar-refractivity contribution is -0.150. The zero-order valence-corrected chi connectivity index (χ0v) is 27.7. The highest BCUT2D eigenvalue weighted by Gasteiger charge is 2.54. The van der Waals surface area contributed by atoms with Gasteiger partial charge in [0.1, 0.15) is 23.2 Å². The number of hydrazine groups is 1. The van der Waals surface area contributed by atoms with Gasteiger partial charge in [0.15, 0.2) is 5.82 Å². The summed E-state index contributed by atoms with van der Waals surface area (Å²) in [5.41, 5.74) is 6.13. The summed E-state index contributed by atoms with van der Waals surface area (Å²) in [6.07, 6.45) is 7.58. The van der Waals surface area contributed by atoms with Crippen LogP contribution in [-0.2, 0) is 18.8 Å². The third kappa shape index (κ3) is 7.04. The number of carbonyl (C=O) groups excluding carboxylic acids is 1. The first-order chi connectivity index (χ1) is 21.2. The summed E-state index contributed by atoms with van der Waals surface area (Å²) < 4.78 is 26.6. The number of fused-ring (bicyclic) bond motifs is 1. The van der Waals surface area contributed by atoms with E-state index in [9.17, 15) is 4.79 Å². The fourth-order valence-corrected chi connectivity index (χ4v) is 7.32. The number of ether oxygens (including phenoxy) is 2. The lowest BCUT2D eigenvalue weighted by Crippen LogP contribution is -2.40. The molecule has 0 radical (unpaired) electrons. The quantitative estimate of drug-likeness (QED) is 0.0839. The Hall–Kier alpha value is -2.38. The smallest absolute Gasteiger partial charge is 0.327 e. The van der Waals surface area contributed by atoms with Gasteiger partial charge >= 0.3 is 14.5 Å². The van der Waals surface area contributed by atoms with Gasteiger partial charge < -0.3 is 28.8 Å². The van der Waals surface area contributed by atoms with Crippen molar-refractivity contribution in [3.05, 3.63) is 41.6 Å². The van der Waals surface area contributed by atoms with Crippen molar-refractivity contribution < 1.29 is 23.3 Å². The van der Waals surface area contributed by atoms with E-state index in [1.54, 1.807) is 24.3 Å². The number of carbonyl (C=O) groups is 1. The number of nitrogens with zero attached hydrogens (tertiary/aromatic N) is 4. The summed E-state index contributed by atoms with van der Waals surface area (Å²) in [5, 5.41) is 6.93. The van der Waals surface area contributed by atoms with Gasteiger partial charge in [-0.15, -0.1) is 0 Å². The molecule has 3 fully saturated rings. The molecule has 0 spiro atoms. The molecule has 4 atom stereocenters. The summed E-state index contributed by atoms with van der Waals surface area (Å²) in [5.74, 6) is 1.46. The molecule has 1 aromatic carbocycles. The number of aromatic nitrogens is 3. The minimum absolute atomic E-state index is 0.176. The first-order valence-corrected chi connectivity index (χ1v) is 17.7. The summed E-state index contributed by atoms with van der Waals surface area (Å²) in [6, 6.07) is 9.46. The highest BCUT2D eigenvalue weighted by atomic mass is 35.5. The van der Waals surface area contributed by atoms with Crippen molar-refractivity contribution in [1.82, 2.24) is 24.5 Å². The minimum Gasteiger partial charge on any atom is -0.462 e. The number of hydrogen-bond donors (Lipinski definition) is 3. The third-order valence-corrected chi connectivity index (χ3v) is 9.80. The van der Waals surface area contributed by atoms with E-state index in [1.165, 1.54) is 11.9 Å². The number of nitrogens with one attached hydrogen (secondary N) is 2. The van der Waals surface area contributed by atoms with Crippen LogP contribution in [0, 0.1) is 5.92 Å². The Morgan fingerprint density at radius 2 is 2.02 bits per heavy atom. The zero-order chi connectivity index (χ0) is 31.0. The first-order valence-electron chi connectivity index (χ1n) is 14.9. The molecule has 1 saturated heterocycles. The molecule has 0 bridgehead atoms. The lowest BCUT2D eigenvalue weighted by Gasteiger charge is -2.25. The summed E-state index contributed by atoms with van der Waals surface area (Å²) in [4.78, 5) is 25.4. The summed E-state index contributed by atoms with van der Waals surface area (Å²) in [7, 11) is -1.70. The van der Waals surface area contributed by atoms with Gasteiger partial charge in [-0.2, -0.15) is 14.8 Å². The molecule has 1 aliphatic heterocycles. The van der Waals surface area contributed by atoms with Crippen LogP contribution in [-0.4, -0.2) is 57.2 Å². The molecule has 12 nitrogen and oxygen atoms in total. The molecule has 238 valence electrons.